The Labute approximate surface area is 165 Å². The molecular formula is C19H25N5O3S. The summed E-state index contributed by atoms with van der Waals surface area (Å²) in [4.78, 5) is 16.8. The van der Waals surface area contributed by atoms with Gasteiger partial charge in [0.15, 0.2) is 0 Å². The fourth-order valence-electron chi connectivity index (χ4n) is 3.17. The number of unbranched alkanes of at least 4 members (excludes halogenated alkanes) is 2. The van der Waals surface area contributed by atoms with E-state index in [1.165, 1.54) is 0 Å². The number of sulfonamides is 1. The molecule has 1 aromatic carbocycles. The van der Waals surface area contributed by atoms with Crippen LogP contribution >= 0.6 is 0 Å². The Morgan fingerprint density at radius 1 is 1.21 bits per heavy atom. The van der Waals surface area contributed by atoms with Crippen LogP contribution in [0.25, 0.3) is 0 Å². The number of carbonyl (C=O) groups excluding carboxylic acids is 1. The molecule has 0 unspecified atom stereocenters. The van der Waals surface area contributed by atoms with Gasteiger partial charge in [-0.1, -0.05) is 18.6 Å². The van der Waals surface area contributed by atoms with Crippen LogP contribution in [0.2, 0.25) is 0 Å². The van der Waals surface area contributed by atoms with Gasteiger partial charge in [0.1, 0.15) is 5.84 Å². The zero-order valence-electron chi connectivity index (χ0n) is 16.3. The number of fused-ring (bicyclic) bond motifs is 1. The number of aliphatic imine (C=N–C) groups is 1. The van der Waals surface area contributed by atoms with Crippen molar-refractivity contribution < 1.29 is 13.2 Å². The first-order valence-corrected chi connectivity index (χ1v) is 10.7. The third kappa shape index (κ3) is 4.24. The minimum Gasteiger partial charge on any atom is -0.323 e. The first-order valence-electron chi connectivity index (χ1n) is 9.26. The van der Waals surface area contributed by atoms with Gasteiger partial charge < -0.3 is 5.32 Å². The monoisotopic (exact) mass is 403 g/mol. The highest BCUT2D eigenvalue weighted by atomic mass is 32.2. The molecular weight excluding hydrogens is 378 g/mol. The quantitative estimate of drug-likeness (QED) is 0.692. The van der Waals surface area contributed by atoms with E-state index in [4.69, 9.17) is 0 Å². The number of nitrogens with one attached hydrogen (secondary N) is 2. The van der Waals surface area contributed by atoms with Gasteiger partial charge in [-0.25, -0.2) is 8.42 Å². The largest absolute Gasteiger partial charge is 0.323 e. The highest BCUT2D eigenvalue weighted by molar-refractivity contribution is 7.90. The Balaban J connectivity index is 1.43. The third-order valence-corrected chi connectivity index (χ3v) is 6.17. The summed E-state index contributed by atoms with van der Waals surface area (Å²) in [6.07, 6.45) is 2.80. The Morgan fingerprint density at radius 3 is 2.68 bits per heavy atom. The molecule has 9 heteroatoms. The summed E-state index contributed by atoms with van der Waals surface area (Å²) in [6.45, 7) is 4.30. The van der Waals surface area contributed by atoms with E-state index in [2.05, 4.69) is 20.1 Å². The number of carbonyl (C=O) groups is 1. The lowest BCUT2D eigenvalue weighted by molar-refractivity contribution is -0.116. The van der Waals surface area contributed by atoms with Crippen molar-refractivity contribution in [2.24, 2.45) is 12.0 Å². The lowest BCUT2D eigenvalue weighted by atomic mass is 10.1. The van der Waals surface area contributed by atoms with E-state index in [0.717, 1.165) is 36.3 Å². The van der Waals surface area contributed by atoms with E-state index in [1.807, 2.05) is 20.9 Å². The second kappa shape index (κ2) is 8.14. The number of amides is 1. The minimum absolute atomic E-state index is 0.0250. The second-order valence-electron chi connectivity index (χ2n) is 6.86. The van der Waals surface area contributed by atoms with Crippen molar-refractivity contribution in [3.05, 3.63) is 41.2 Å². The molecule has 0 radical (unpaired) electrons. The van der Waals surface area contributed by atoms with Crippen LogP contribution in [-0.4, -0.2) is 36.5 Å². The van der Waals surface area contributed by atoms with Gasteiger partial charge in [-0.15, -0.1) is 0 Å². The number of aryl methyl sites for hydroxylation is 2. The van der Waals surface area contributed by atoms with Gasteiger partial charge in [-0.05, 0) is 38.8 Å². The lowest BCUT2D eigenvalue weighted by Crippen LogP contribution is -2.22. The highest BCUT2D eigenvalue weighted by Crippen LogP contribution is 2.22. The molecule has 2 N–H and O–H groups in total. The molecule has 150 valence electrons. The Morgan fingerprint density at radius 2 is 1.96 bits per heavy atom. The molecule has 0 atom stereocenters. The number of anilines is 1. The van der Waals surface area contributed by atoms with Crippen LogP contribution in [0.5, 0.6) is 0 Å². The smallest absolute Gasteiger partial charge is 0.263 e. The van der Waals surface area contributed by atoms with Gasteiger partial charge in [0.25, 0.3) is 10.0 Å². The fraction of sp³-hybridized carbons (Fsp3) is 0.421. The van der Waals surface area contributed by atoms with Gasteiger partial charge >= 0.3 is 0 Å². The highest BCUT2D eigenvalue weighted by Gasteiger charge is 2.29. The Bertz CT molecular complexity index is 1020. The number of nitrogens with zero attached hydrogens (tertiary/aromatic N) is 3. The van der Waals surface area contributed by atoms with E-state index in [-0.39, 0.29) is 10.8 Å². The predicted molar refractivity (Wildman–Crippen MR) is 108 cm³/mol. The van der Waals surface area contributed by atoms with Crippen LogP contribution in [0, 0.1) is 13.8 Å². The number of rotatable bonds is 7. The maximum atomic E-state index is 12.1. The minimum atomic E-state index is -3.49. The van der Waals surface area contributed by atoms with Crippen LogP contribution in [0.15, 0.2) is 34.2 Å². The van der Waals surface area contributed by atoms with Crippen molar-refractivity contribution in [1.29, 1.82) is 0 Å². The van der Waals surface area contributed by atoms with Crippen molar-refractivity contribution >= 4 is 27.5 Å². The number of hydrogen-bond donors (Lipinski definition) is 2. The summed E-state index contributed by atoms with van der Waals surface area (Å²) >= 11 is 0. The third-order valence-electron chi connectivity index (χ3n) is 4.77. The standard InChI is InChI=1S/C19H25N5O3S/c1-13-18(14(2)24(3)22-13)21-17(25)11-5-4-8-12-20-19-15-9-6-7-10-16(15)28(26,27)23-19/h6-7,9-10H,4-5,8,11-12H2,1-3H3,(H,20,23)(H,21,25). The molecule has 1 aliphatic rings. The summed E-state index contributed by atoms with van der Waals surface area (Å²) in [5, 5.41) is 7.22. The first kappa shape index (κ1) is 20.1. The van der Waals surface area contributed by atoms with Crippen molar-refractivity contribution in [2.75, 3.05) is 11.9 Å². The topological polar surface area (TPSA) is 105 Å². The van der Waals surface area contributed by atoms with Crippen LogP contribution in [-0.2, 0) is 21.9 Å². The van der Waals surface area contributed by atoms with E-state index in [1.54, 1.807) is 28.9 Å². The lowest BCUT2D eigenvalue weighted by Gasteiger charge is -2.05. The summed E-state index contributed by atoms with van der Waals surface area (Å²) < 4.78 is 28.3. The molecule has 0 bridgehead atoms. The Hall–Kier alpha value is -2.68. The van der Waals surface area contributed by atoms with Gasteiger partial charge in [0, 0.05) is 25.6 Å². The zero-order chi connectivity index (χ0) is 20.3. The average Bonchev–Trinajstić information content (AvgIpc) is 3.05. The van der Waals surface area contributed by atoms with E-state index < -0.39 is 10.0 Å². The summed E-state index contributed by atoms with van der Waals surface area (Å²) in [5.74, 6) is 0.374. The molecule has 0 spiro atoms. The molecule has 0 fully saturated rings. The van der Waals surface area contributed by atoms with Crippen molar-refractivity contribution in [2.45, 2.75) is 44.4 Å². The average molecular weight is 404 g/mol. The second-order valence-corrected chi connectivity index (χ2v) is 8.51. The van der Waals surface area contributed by atoms with Crippen molar-refractivity contribution in [1.82, 2.24) is 14.5 Å². The molecule has 2 aromatic rings. The molecule has 2 heterocycles. The van der Waals surface area contributed by atoms with Crippen LogP contribution in [0.3, 0.4) is 0 Å². The van der Waals surface area contributed by atoms with E-state index in [9.17, 15) is 13.2 Å². The molecule has 0 saturated heterocycles. The zero-order valence-corrected chi connectivity index (χ0v) is 17.1. The molecule has 0 saturated carbocycles. The molecule has 0 aliphatic carbocycles. The first-order chi connectivity index (χ1) is 13.3. The van der Waals surface area contributed by atoms with Gasteiger partial charge in [-0.2, -0.15) is 5.10 Å². The van der Waals surface area contributed by atoms with Gasteiger partial charge in [0.2, 0.25) is 5.91 Å². The van der Waals surface area contributed by atoms with E-state index in [0.29, 0.717) is 24.4 Å². The summed E-state index contributed by atoms with van der Waals surface area (Å²) in [6, 6.07) is 6.81. The molecule has 8 nitrogen and oxygen atoms in total. The molecule has 28 heavy (non-hydrogen) atoms. The van der Waals surface area contributed by atoms with Crippen LogP contribution in [0.4, 0.5) is 5.69 Å². The Kier molecular flexibility index (Phi) is 5.83. The van der Waals surface area contributed by atoms with Crippen LogP contribution in [0.1, 0.15) is 42.6 Å². The fourth-order valence-corrected chi connectivity index (χ4v) is 4.42. The summed E-state index contributed by atoms with van der Waals surface area (Å²) in [5.41, 5.74) is 3.14. The normalized spacial score (nSPS) is 16.0. The van der Waals surface area contributed by atoms with Crippen LogP contribution < -0.4 is 10.0 Å². The molecule has 3 rings (SSSR count). The number of amidine groups is 1. The van der Waals surface area contributed by atoms with Gasteiger partial charge in [0.05, 0.1) is 22.0 Å². The number of hydrogen-bond acceptors (Lipinski definition) is 5. The number of aromatic nitrogens is 2. The maximum Gasteiger partial charge on any atom is 0.263 e. The molecule has 1 aromatic heterocycles. The van der Waals surface area contributed by atoms with Gasteiger partial charge in [-0.3, -0.25) is 19.2 Å². The molecule has 1 aliphatic heterocycles. The summed E-state index contributed by atoms with van der Waals surface area (Å²) in [7, 11) is -1.64. The predicted octanol–water partition coefficient (Wildman–Crippen LogP) is 2.27. The van der Waals surface area contributed by atoms with Crippen molar-refractivity contribution in [3.63, 3.8) is 0 Å². The molecule has 1 amide bonds. The van der Waals surface area contributed by atoms with E-state index >= 15 is 0 Å². The number of benzene rings is 1. The van der Waals surface area contributed by atoms with Crippen molar-refractivity contribution in [3.8, 4) is 0 Å². The SMILES string of the molecule is Cc1nn(C)c(C)c1NC(=O)CCCCCN=C1NS(=O)(=O)c2ccccc21. The maximum absolute atomic E-state index is 12.1.